The number of hydrogen-bond donors (Lipinski definition) is 1. The number of nitrogens with one attached hydrogen (secondary N) is 1. The minimum atomic E-state index is 0.0972. The zero-order valence-electron chi connectivity index (χ0n) is 7.66. The Hall–Kier alpha value is -0.350. The lowest BCUT2D eigenvalue weighted by molar-refractivity contribution is -0.116. The summed E-state index contributed by atoms with van der Waals surface area (Å²) >= 11 is 7.00. The van der Waals surface area contributed by atoms with E-state index in [0.717, 1.165) is 26.6 Å². The number of halogens is 2. The van der Waals surface area contributed by atoms with Crippen LogP contribution in [0.4, 0.5) is 5.69 Å². The number of fused-ring (bicyclic) bond motifs is 1. The molecule has 0 aromatic heterocycles. The van der Waals surface area contributed by atoms with Gasteiger partial charge in [0.2, 0.25) is 5.91 Å². The Balaban J connectivity index is 2.60. The standard InChI is InChI=1S/C10H9Br2NO/c1-5-7(11)4-6-2-3-8(14)13-10(6)9(5)12/h4H,2-3H2,1H3,(H,13,14). The molecule has 0 bridgehead atoms. The van der Waals surface area contributed by atoms with Crippen LogP contribution in [0.2, 0.25) is 0 Å². The molecule has 1 aromatic rings. The molecule has 4 heteroatoms. The van der Waals surface area contributed by atoms with E-state index >= 15 is 0 Å². The zero-order valence-corrected chi connectivity index (χ0v) is 10.8. The van der Waals surface area contributed by atoms with Crippen LogP contribution < -0.4 is 5.32 Å². The number of carbonyl (C=O) groups is 1. The smallest absolute Gasteiger partial charge is 0.224 e. The molecule has 0 radical (unpaired) electrons. The second kappa shape index (κ2) is 3.66. The van der Waals surface area contributed by atoms with Gasteiger partial charge in [-0.3, -0.25) is 4.79 Å². The van der Waals surface area contributed by atoms with Crippen molar-refractivity contribution in [1.82, 2.24) is 0 Å². The molecule has 0 fully saturated rings. The third-order valence-electron chi connectivity index (χ3n) is 2.41. The summed E-state index contributed by atoms with van der Waals surface area (Å²) in [5.74, 6) is 0.0972. The van der Waals surface area contributed by atoms with Crippen molar-refractivity contribution in [1.29, 1.82) is 0 Å². The highest BCUT2D eigenvalue weighted by Gasteiger charge is 2.19. The molecule has 0 saturated carbocycles. The second-order valence-corrected chi connectivity index (χ2v) is 5.03. The maximum Gasteiger partial charge on any atom is 0.224 e. The first-order valence-electron chi connectivity index (χ1n) is 4.37. The Labute approximate surface area is 99.3 Å². The fourth-order valence-corrected chi connectivity index (χ4v) is 2.86. The van der Waals surface area contributed by atoms with Crippen LogP contribution in [0.1, 0.15) is 17.5 Å². The fraction of sp³-hybridized carbons (Fsp3) is 0.300. The van der Waals surface area contributed by atoms with E-state index in [1.807, 2.05) is 6.92 Å². The lowest BCUT2D eigenvalue weighted by atomic mass is 10.0. The van der Waals surface area contributed by atoms with Gasteiger partial charge in [-0.25, -0.2) is 0 Å². The van der Waals surface area contributed by atoms with E-state index in [1.165, 1.54) is 5.56 Å². The third-order valence-corrected chi connectivity index (χ3v) is 4.23. The Morgan fingerprint density at radius 2 is 2.07 bits per heavy atom. The maximum absolute atomic E-state index is 11.2. The number of carbonyl (C=O) groups excluding carboxylic acids is 1. The van der Waals surface area contributed by atoms with Crippen LogP contribution in [-0.4, -0.2) is 5.91 Å². The van der Waals surface area contributed by atoms with Crippen LogP contribution >= 0.6 is 31.9 Å². The first-order valence-corrected chi connectivity index (χ1v) is 5.95. The summed E-state index contributed by atoms with van der Waals surface area (Å²) in [5.41, 5.74) is 3.24. The summed E-state index contributed by atoms with van der Waals surface area (Å²) < 4.78 is 2.06. The molecule has 14 heavy (non-hydrogen) atoms. The third kappa shape index (κ3) is 1.61. The maximum atomic E-state index is 11.2. The van der Waals surface area contributed by atoms with Gasteiger partial charge in [0.15, 0.2) is 0 Å². The predicted molar refractivity (Wildman–Crippen MR) is 63.5 cm³/mol. The van der Waals surface area contributed by atoms with Crippen molar-refractivity contribution in [3.05, 3.63) is 26.1 Å². The summed E-state index contributed by atoms with van der Waals surface area (Å²) in [7, 11) is 0. The predicted octanol–water partition coefficient (Wildman–Crippen LogP) is 3.40. The molecule has 0 atom stereocenters. The van der Waals surface area contributed by atoms with Crippen LogP contribution in [0.3, 0.4) is 0 Å². The highest BCUT2D eigenvalue weighted by Crippen LogP contribution is 2.37. The van der Waals surface area contributed by atoms with E-state index in [0.29, 0.717) is 6.42 Å². The van der Waals surface area contributed by atoms with Gasteiger partial charge in [-0.2, -0.15) is 0 Å². The second-order valence-electron chi connectivity index (χ2n) is 3.38. The first-order chi connectivity index (χ1) is 6.59. The van der Waals surface area contributed by atoms with Gasteiger partial charge >= 0.3 is 0 Å². The Kier molecular flexibility index (Phi) is 2.66. The van der Waals surface area contributed by atoms with Crippen LogP contribution in [0, 0.1) is 6.92 Å². The normalized spacial score (nSPS) is 14.9. The molecule has 1 aliphatic rings. The molecule has 0 saturated heterocycles. The van der Waals surface area contributed by atoms with Gasteiger partial charge in [0.25, 0.3) is 0 Å². The molecule has 1 amide bonds. The largest absolute Gasteiger partial charge is 0.325 e. The molecule has 1 aliphatic heterocycles. The number of rotatable bonds is 0. The molecule has 74 valence electrons. The summed E-state index contributed by atoms with van der Waals surface area (Å²) in [6.45, 7) is 2.01. The van der Waals surface area contributed by atoms with Gasteiger partial charge in [-0.15, -0.1) is 0 Å². The Morgan fingerprint density at radius 3 is 2.79 bits per heavy atom. The molecule has 0 spiro atoms. The summed E-state index contributed by atoms with van der Waals surface area (Å²) in [5, 5.41) is 2.89. The minimum absolute atomic E-state index is 0.0972. The van der Waals surface area contributed by atoms with Gasteiger partial charge in [-0.05, 0) is 46.5 Å². The lowest BCUT2D eigenvalue weighted by Crippen LogP contribution is -2.19. The number of hydrogen-bond acceptors (Lipinski definition) is 1. The van der Waals surface area contributed by atoms with Crippen molar-refractivity contribution < 1.29 is 4.79 Å². The van der Waals surface area contributed by atoms with Crippen molar-refractivity contribution in [3.63, 3.8) is 0 Å². The average Bonchev–Trinajstić information content (AvgIpc) is 2.16. The molecule has 1 heterocycles. The first kappa shape index (κ1) is 10.2. The lowest BCUT2D eigenvalue weighted by Gasteiger charge is -2.20. The van der Waals surface area contributed by atoms with Gasteiger partial charge in [0.1, 0.15) is 0 Å². The molecule has 0 unspecified atom stereocenters. The highest BCUT2D eigenvalue weighted by molar-refractivity contribution is 9.11. The van der Waals surface area contributed by atoms with Crippen molar-refractivity contribution >= 4 is 43.5 Å². The van der Waals surface area contributed by atoms with E-state index in [1.54, 1.807) is 0 Å². The Bertz CT molecular complexity index is 415. The van der Waals surface area contributed by atoms with Crippen LogP contribution in [-0.2, 0) is 11.2 Å². The summed E-state index contributed by atoms with van der Waals surface area (Å²) in [4.78, 5) is 11.2. The Morgan fingerprint density at radius 1 is 1.36 bits per heavy atom. The van der Waals surface area contributed by atoms with Crippen molar-refractivity contribution in [2.24, 2.45) is 0 Å². The van der Waals surface area contributed by atoms with Gasteiger partial charge in [0.05, 0.1) is 5.69 Å². The molecule has 0 aliphatic carbocycles. The summed E-state index contributed by atoms with van der Waals surface area (Å²) in [6.07, 6.45) is 1.40. The van der Waals surface area contributed by atoms with E-state index in [-0.39, 0.29) is 5.91 Å². The highest BCUT2D eigenvalue weighted by atomic mass is 79.9. The van der Waals surface area contributed by atoms with Crippen molar-refractivity contribution in [3.8, 4) is 0 Å². The molecule has 1 aromatic carbocycles. The fourth-order valence-electron chi connectivity index (χ4n) is 1.55. The van der Waals surface area contributed by atoms with E-state index < -0.39 is 0 Å². The van der Waals surface area contributed by atoms with Gasteiger partial charge in [-0.1, -0.05) is 15.9 Å². The SMILES string of the molecule is Cc1c(Br)cc2c(c1Br)NC(=O)CC2. The van der Waals surface area contributed by atoms with Crippen molar-refractivity contribution in [2.75, 3.05) is 5.32 Å². The van der Waals surface area contributed by atoms with Gasteiger partial charge in [0, 0.05) is 15.4 Å². The zero-order chi connectivity index (χ0) is 10.3. The number of amides is 1. The summed E-state index contributed by atoms with van der Waals surface area (Å²) in [6, 6.07) is 2.08. The van der Waals surface area contributed by atoms with Gasteiger partial charge < -0.3 is 5.32 Å². The molecule has 2 rings (SSSR count). The van der Waals surface area contributed by atoms with Crippen molar-refractivity contribution in [2.45, 2.75) is 19.8 Å². The van der Waals surface area contributed by atoms with E-state index in [9.17, 15) is 4.79 Å². The number of aryl methyl sites for hydroxylation is 1. The molecular weight excluding hydrogens is 310 g/mol. The average molecular weight is 319 g/mol. The molecular formula is C10H9Br2NO. The van der Waals surface area contributed by atoms with Crippen LogP contribution in [0.15, 0.2) is 15.0 Å². The van der Waals surface area contributed by atoms with E-state index in [2.05, 4.69) is 43.2 Å². The number of benzene rings is 1. The van der Waals surface area contributed by atoms with E-state index in [4.69, 9.17) is 0 Å². The van der Waals surface area contributed by atoms with Crippen LogP contribution in [0.5, 0.6) is 0 Å². The van der Waals surface area contributed by atoms with Crippen LogP contribution in [0.25, 0.3) is 0 Å². The topological polar surface area (TPSA) is 29.1 Å². The quantitative estimate of drug-likeness (QED) is 0.780. The molecule has 1 N–H and O–H groups in total. The minimum Gasteiger partial charge on any atom is -0.325 e. The molecule has 2 nitrogen and oxygen atoms in total. The number of anilines is 1. The monoisotopic (exact) mass is 317 g/mol.